The molecule has 0 spiro atoms. The maximum Gasteiger partial charge on any atom is 0.271 e. The molecule has 0 radical (unpaired) electrons. The first-order chi connectivity index (χ1) is 10.5. The van der Waals surface area contributed by atoms with Crippen LogP contribution in [0, 0.1) is 13.8 Å². The fourth-order valence-electron chi connectivity index (χ4n) is 3.03. The van der Waals surface area contributed by atoms with Crippen LogP contribution in [0.25, 0.3) is 11.3 Å². The van der Waals surface area contributed by atoms with E-state index in [1.165, 1.54) is 0 Å². The van der Waals surface area contributed by atoms with Crippen molar-refractivity contribution in [3.8, 4) is 11.3 Å². The minimum atomic E-state index is -0.0216. The van der Waals surface area contributed by atoms with Gasteiger partial charge in [0.2, 0.25) is 0 Å². The number of hydrogen-bond donors (Lipinski definition) is 2. The zero-order valence-electron chi connectivity index (χ0n) is 13.5. The Labute approximate surface area is 129 Å². The maximum absolute atomic E-state index is 12.6. The molecule has 2 N–H and O–H groups in total. The fraction of sp³-hybridized carbons (Fsp3) is 0.533. The minimum absolute atomic E-state index is 0.0216. The van der Waals surface area contributed by atoms with E-state index < -0.39 is 0 Å². The first-order valence-corrected chi connectivity index (χ1v) is 7.53. The van der Waals surface area contributed by atoms with Crippen LogP contribution in [-0.4, -0.2) is 57.0 Å². The summed E-state index contributed by atoms with van der Waals surface area (Å²) < 4.78 is 1.83. The Bertz CT molecular complexity index is 695. The molecule has 0 bridgehead atoms. The number of aryl methyl sites for hydroxylation is 2. The molecule has 1 aliphatic heterocycles. The molecule has 0 aliphatic carbocycles. The van der Waals surface area contributed by atoms with E-state index >= 15 is 0 Å². The quantitative estimate of drug-likeness (QED) is 0.881. The molecule has 2 aromatic rings. The van der Waals surface area contributed by atoms with Gasteiger partial charge in [-0.25, -0.2) is 0 Å². The average Bonchev–Trinajstić information content (AvgIpc) is 3.20. The van der Waals surface area contributed by atoms with Gasteiger partial charge in [0.15, 0.2) is 0 Å². The van der Waals surface area contributed by atoms with E-state index in [2.05, 4.69) is 20.6 Å². The van der Waals surface area contributed by atoms with Gasteiger partial charge in [-0.15, -0.1) is 0 Å². The van der Waals surface area contributed by atoms with Crippen LogP contribution in [0.2, 0.25) is 0 Å². The van der Waals surface area contributed by atoms with E-state index in [0.717, 1.165) is 42.2 Å². The summed E-state index contributed by atoms with van der Waals surface area (Å²) in [4.78, 5) is 14.3. The Balaban J connectivity index is 1.85. The third-order valence-electron chi connectivity index (χ3n) is 4.48. The Morgan fingerprint density at radius 1 is 1.45 bits per heavy atom. The van der Waals surface area contributed by atoms with Gasteiger partial charge in [0.25, 0.3) is 5.91 Å². The largest absolute Gasteiger partial charge is 0.336 e. The molecule has 7 nitrogen and oxygen atoms in total. The number of H-pyrrole nitrogens is 1. The van der Waals surface area contributed by atoms with E-state index in [1.54, 1.807) is 4.90 Å². The van der Waals surface area contributed by atoms with Crippen LogP contribution in [0.1, 0.15) is 28.3 Å². The molecular weight excluding hydrogens is 280 g/mol. The summed E-state index contributed by atoms with van der Waals surface area (Å²) in [6.45, 7) is 5.77. The van der Waals surface area contributed by atoms with Crippen molar-refractivity contribution in [2.24, 2.45) is 7.05 Å². The Kier molecular flexibility index (Phi) is 3.74. The predicted molar refractivity (Wildman–Crippen MR) is 83.6 cm³/mol. The SMILES string of the molecule is Cc1nn(C)c(C)c1-c1cc(C(=O)N(C)C2CCNC2)[nH]n1. The van der Waals surface area contributed by atoms with E-state index in [4.69, 9.17) is 0 Å². The number of nitrogens with one attached hydrogen (secondary N) is 2. The van der Waals surface area contributed by atoms with E-state index in [9.17, 15) is 4.79 Å². The van der Waals surface area contributed by atoms with Gasteiger partial charge >= 0.3 is 0 Å². The van der Waals surface area contributed by atoms with E-state index in [-0.39, 0.29) is 11.9 Å². The standard InChI is InChI=1S/C15H22N6O/c1-9-14(10(2)21(4)19-9)12-7-13(18-17-12)15(22)20(3)11-5-6-16-8-11/h7,11,16H,5-6,8H2,1-4H3,(H,17,18). The second-order valence-corrected chi connectivity index (χ2v) is 5.90. The van der Waals surface area contributed by atoms with Gasteiger partial charge in [0.1, 0.15) is 5.69 Å². The maximum atomic E-state index is 12.6. The number of amides is 1. The highest BCUT2D eigenvalue weighted by Gasteiger charge is 2.26. The first-order valence-electron chi connectivity index (χ1n) is 7.53. The van der Waals surface area contributed by atoms with Crippen molar-refractivity contribution in [2.45, 2.75) is 26.3 Å². The lowest BCUT2D eigenvalue weighted by Gasteiger charge is -2.22. The molecule has 1 fully saturated rings. The van der Waals surface area contributed by atoms with Gasteiger partial charge in [-0.3, -0.25) is 14.6 Å². The van der Waals surface area contributed by atoms with Crippen molar-refractivity contribution in [1.82, 2.24) is 30.2 Å². The molecule has 1 aliphatic rings. The van der Waals surface area contributed by atoms with Crippen LogP contribution >= 0.6 is 0 Å². The molecule has 3 heterocycles. The van der Waals surface area contributed by atoms with Crippen LogP contribution in [0.5, 0.6) is 0 Å². The number of carbonyl (C=O) groups is 1. The molecular formula is C15H22N6O. The number of rotatable bonds is 3. The molecule has 0 saturated carbocycles. The Morgan fingerprint density at radius 3 is 2.82 bits per heavy atom. The summed E-state index contributed by atoms with van der Waals surface area (Å²) in [6.07, 6.45) is 0.990. The van der Waals surface area contributed by atoms with Gasteiger partial charge in [-0.05, 0) is 32.9 Å². The van der Waals surface area contributed by atoms with Crippen LogP contribution in [0.15, 0.2) is 6.07 Å². The van der Waals surface area contributed by atoms with Gasteiger partial charge < -0.3 is 10.2 Å². The summed E-state index contributed by atoms with van der Waals surface area (Å²) in [6, 6.07) is 2.07. The van der Waals surface area contributed by atoms with Crippen LogP contribution in [0.3, 0.4) is 0 Å². The lowest BCUT2D eigenvalue weighted by molar-refractivity contribution is 0.0738. The molecule has 118 valence electrons. The number of carbonyl (C=O) groups excluding carboxylic acids is 1. The Morgan fingerprint density at radius 2 is 2.23 bits per heavy atom. The topological polar surface area (TPSA) is 78.8 Å². The number of hydrogen-bond acceptors (Lipinski definition) is 4. The van der Waals surface area contributed by atoms with E-state index in [0.29, 0.717) is 5.69 Å². The second kappa shape index (κ2) is 5.57. The van der Waals surface area contributed by atoms with E-state index in [1.807, 2.05) is 38.7 Å². The predicted octanol–water partition coefficient (Wildman–Crippen LogP) is 0.861. The number of aromatic nitrogens is 4. The third-order valence-corrected chi connectivity index (χ3v) is 4.48. The smallest absolute Gasteiger partial charge is 0.271 e. The molecule has 3 rings (SSSR count). The minimum Gasteiger partial charge on any atom is -0.336 e. The van der Waals surface area contributed by atoms with Crippen LogP contribution < -0.4 is 5.32 Å². The summed E-state index contributed by atoms with van der Waals surface area (Å²) in [7, 11) is 3.76. The van der Waals surface area contributed by atoms with Gasteiger partial charge in [0.05, 0.1) is 11.4 Å². The van der Waals surface area contributed by atoms with Crippen LogP contribution in [0.4, 0.5) is 0 Å². The number of likely N-dealkylation sites (N-methyl/N-ethyl adjacent to an activating group) is 1. The first kappa shape index (κ1) is 14.8. The number of aromatic amines is 1. The Hall–Kier alpha value is -2.15. The summed E-state index contributed by atoms with van der Waals surface area (Å²) in [5.41, 5.74) is 4.23. The van der Waals surface area contributed by atoms with Crippen molar-refractivity contribution < 1.29 is 4.79 Å². The lowest BCUT2D eigenvalue weighted by atomic mass is 10.1. The summed E-state index contributed by atoms with van der Waals surface area (Å²) in [5.74, 6) is -0.0216. The zero-order valence-corrected chi connectivity index (χ0v) is 13.5. The zero-order chi connectivity index (χ0) is 15.9. The molecule has 1 saturated heterocycles. The van der Waals surface area contributed by atoms with Crippen molar-refractivity contribution in [1.29, 1.82) is 0 Å². The highest BCUT2D eigenvalue weighted by Crippen LogP contribution is 2.25. The molecule has 2 aromatic heterocycles. The fourth-order valence-corrected chi connectivity index (χ4v) is 3.03. The van der Waals surface area contributed by atoms with Gasteiger partial charge in [-0.2, -0.15) is 10.2 Å². The van der Waals surface area contributed by atoms with Gasteiger partial charge in [-0.1, -0.05) is 0 Å². The summed E-state index contributed by atoms with van der Waals surface area (Å²) in [5, 5.41) is 14.9. The molecule has 7 heteroatoms. The molecule has 22 heavy (non-hydrogen) atoms. The van der Waals surface area contributed by atoms with Crippen molar-refractivity contribution in [2.75, 3.05) is 20.1 Å². The molecule has 1 atom stereocenters. The highest BCUT2D eigenvalue weighted by molar-refractivity contribution is 5.93. The van der Waals surface area contributed by atoms with Gasteiger partial charge in [0, 0.05) is 37.9 Å². The highest BCUT2D eigenvalue weighted by atomic mass is 16.2. The molecule has 1 unspecified atom stereocenters. The van der Waals surface area contributed by atoms with Crippen molar-refractivity contribution >= 4 is 5.91 Å². The monoisotopic (exact) mass is 302 g/mol. The van der Waals surface area contributed by atoms with Crippen molar-refractivity contribution in [3.05, 3.63) is 23.1 Å². The average molecular weight is 302 g/mol. The lowest BCUT2D eigenvalue weighted by Crippen LogP contribution is -2.38. The van der Waals surface area contributed by atoms with Crippen LogP contribution in [-0.2, 0) is 7.05 Å². The normalized spacial score (nSPS) is 17.9. The summed E-state index contributed by atoms with van der Waals surface area (Å²) >= 11 is 0. The molecule has 1 amide bonds. The van der Waals surface area contributed by atoms with Crippen molar-refractivity contribution in [3.63, 3.8) is 0 Å². The number of nitrogens with zero attached hydrogens (tertiary/aromatic N) is 4. The third kappa shape index (κ3) is 2.41. The second-order valence-electron chi connectivity index (χ2n) is 5.90. The molecule has 0 aromatic carbocycles.